The van der Waals surface area contributed by atoms with E-state index in [0.717, 1.165) is 17.9 Å². The number of hydrogen-bond acceptors (Lipinski definition) is 4. The predicted molar refractivity (Wildman–Crippen MR) is 98.9 cm³/mol. The fourth-order valence-electron chi connectivity index (χ4n) is 2.54. The van der Waals surface area contributed by atoms with E-state index in [4.69, 9.17) is 9.15 Å². The van der Waals surface area contributed by atoms with Gasteiger partial charge in [-0.1, -0.05) is 17.7 Å². The molecule has 0 saturated carbocycles. The van der Waals surface area contributed by atoms with Crippen LogP contribution in [0.15, 0.2) is 46.0 Å². The number of nitrogens with zero attached hydrogens (tertiary/aromatic N) is 1. The van der Waals surface area contributed by atoms with E-state index >= 15 is 0 Å². The summed E-state index contributed by atoms with van der Waals surface area (Å²) in [7, 11) is 1.67. The number of furan rings is 1. The van der Waals surface area contributed by atoms with Crippen LogP contribution in [-0.4, -0.2) is 31.3 Å². The van der Waals surface area contributed by atoms with Crippen molar-refractivity contribution in [1.82, 2.24) is 10.6 Å². The lowest BCUT2D eigenvalue weighted by Gasteiger charge is -2.21. The van der Waals surface area contributed by atoms with E-state index < -0.39 is 6.10 Å². The number of guanidine groups is 1. The van der Waals surface area contributed by atoms with E-state index in [0.29, 0.717) is 11.7 Å². The maximum atomic E-state index is 10.1. The minimum Gasteiger partial charge on any atom is -0.496 e. The Kier molecular flexibility index (Phi) is 6.89. The minimum absolute atomic E-state index is 0.00611. The molecule has 1 aromatic heterocycles. The van der Waals surface area contributed by atoms with E-state index in [1.807, 2.05) is 26.0 Å². The number of rotatable bonds is 7. The van der Waals surface area contributed by atoms with Gasteiger partial charge in [-0.25, -0.2) is 0 Å². The highest BCUT2D eigenvalue weighted by Crippen LogP contribution is 2.26. The van der Waals surface area contributed by atoms with Gasteiger partial charge in [0.15, 0.2) is 5.96 Å². The lowest BCUT2D eigenvalue weighted by atomic mass is 10.0. The number of methoxy groups -OCH3 is 1. The minimum atomic E-state index is -0.769. The van der Waals surface area contributed by atoms with Gasteiger partial charge in [0.2, 0.25) is 0 Å². The predicted octanol–water partition coefficient (Wildman–Crippen LogP) is 2.95. The molecule has 0 spiro atoms. The molecule has 0 aliphatic carbocycles. The summed E-state index contributed by atoms with van der Waals surface area (Å²) in [6, 6.07) is 9.56. The SMILES string of the molecule is CCNC(=NCC(O)c1ccco1)NC(C)c1cc(C)ccc1OC. The Morgan fingerprint density at radius 2 is 2.16 bits per heavy atom. The maximum Gasteiger partial charge on any atom is 0.191 e. The third-order valence-electron chi connectivity index (χ3n) is 3.84. The van der Waals surface area contributed by atoms with Gasteiger partial charge in [-0.2, -0.15) is 0 Å². The third kappa shape index (κ3) is 5.26. The van der Waals surface area contributed by atoms with Crippen LogP contribution < -0.4 is 15.4 Å². The maximum absolute atomic E-state index is 10.1. The van der Waals surface area contributed by atoms with Crippen molar-refractivity contribution in [2.24, 2.45) is 4.99 Å². The summed E-state index contributed by atoms with van der Waals surface area (Å²) in [6.07, 6.45) is 0.770. The topological polar surface area (TPSA) is 79.0 Å². The highest BCUT2D eigenvalue weighted by molar-refractivity contribution is 5.80. The van der Waals surface area contributed by atoms with Gasteiger partial charge in [-0.15, -0.1) is 0 Å². The largest absolute Gasteiger partial charge is 0.496 e. The van der Waals surface area contributed by atoms with E-state index in [2.05, 4.69) is 28.6 Å². The molecule has 6 nitrogen and oxygen atoms in total. The van der Waals surface area contributed by atoms with Crippen molar-refractivity contribution in [1.29, 1.82) is 0 Å². The quantitative estimate of drug-likeness (QED) is 0.531. The van der Waals surface area contributed by atoms with Crippen molar-refractivity contribution < 1.29 is 14.3 Å². The van der Waals surface area contributed by atoms with Gasteiger partial charge in [-0.3, -0.25) is 4.99 Å². The number of hydrogen-bond donors (Lipinski definition) is 3. The van der Waals surface area contributed by atoms with Crippen LogP contribution in [0.1, 0.15) is 42.9 Å². The first-order chi connectivity index (χ1) is 12.0. The van der Waals surface area contributed by atoms with Crippen LogP contribution in [0.3, 0.4) is 0 Å². The number of aliphatic imine (C=N–C) groups is 1. The molecule has 1 aromatic carbocycles. The second-order valence-electron chi connectivity index (χ2n) is 5.86. The summed E-state index contributed by atoms with van der Waals surface area (Å²) >= 11 is 0. The molecule has 2 atom stereocenters. The highest BCUT2D eigenvalue weighted by atomic mass is 16.5. The van der Waals surface area contributed by atoms with Crippen LogP contribution in [0.25, 0.3) is 0 Å². The lowest BCUT2D eigenvalue weighted by molar-refractivity contribution is 0.158. The fourth-order valence-corrected chi connectivity index (χ4v) is 2.54. The molecule has 0 fully saturated rings. The number of benzene rings is 1. The average molecular weight is 345 g/mol. The van der Waals surface area contributed by atoms with Crippen molar-refractivity contribution in [2.75, 3.05) is 20.2 Å². The molecule has 0 bridgehead atoms. The monoisotopic (exact) mass is 345 g/mol. The summed E-state index contributed by atoms with van der Waals surface area (Å²) in [6.45, 7) is 7.03. The Bertz CT molecular complexity index is 683. The van der Waals surface area contributed by atoms with Crippen molar-refractivity contribution in [2.45, 2.75) is 32.9 Å². The molecule has 2 rings (SSSR count). The lowest BCUT2D eigenvalue weighted by Crippen LogP contribution is -2.39. The highest BCUT2D eigenvalue weighted by Gasteiger charge is 2.14. The second kappa shape index (κ2) is 9.13. The molecule has 0 aliphatic heterocycles. The zero-order valence-corrected chi connectivity index (χ0v) is 15.2. The molecule has 3 N–H and O–H groups in total. The molecular weight excluding hydrogens is 318 g/mol. The number of nitrogens with one attached hydrogen (secondary N) is 2. The summed E-state index contributed by atoms with van der Waals surface area (Å²) in [5.41, 5.74) is 2.22. The van der Waals surface area contributed by atoms with E-state index in [-0.39, 0.29) is 12.6 Å². The van der Waals surface area contributed by atoms with Crippen molar-refractivity contribution in [3.8, 4) is 5.75 Å². The second-order valence-corrected chi connectivity index (χ2v) is 5.86. The summed E-state index contributed by atoms with van der Waals surface area (Å²) < 4.78 is 10.7. The van der Waals surface area contributed by atoms with Gasteiger partial charge in [0.1, 0.15) is 17.6 Å². The Balaban J connectivity index is 2.09. The van der Waals surface area contributed by atoms with Crippen molar-refractivity contribution in [3.05, 3.63) is 53.5 Å². The van der Waals surface area contributed by atoms with Crippen LogP contribution in [0.4, 0.5) is 0 Å². The normalized spacial score (nSPS) is 14.0. The molecule has 1 heterocycles. The van der Waals surface area contributed by atoms with E-state index in [1.165, 1.54) is 11.8 Å². The van der Waals surface area contributed by atoms with Gasteiger partial charge in [0.05, 0.1) is 26.0 Å². The average Bonchev–Trinajstić information content (AvgIpc) is 3.14. The molecule has 0 saturated heterocycles. The smallest absolute Gasteiger partial charge is 0.191 e. The Morgan fingerprint density at radius 1 is 1.36 bits per heavy atom. The molecule has 2 unspecified atom stereocenters. The van der Waals surface area contributed by atoms with Gasteiger partial charge in [0, 0.05) is 12.1 Å². The molecule has 0 radical (unpaired) electrons. The summed E-state index contributed by atoms with van der Waals surface area (Å²) in [4.78, 5) is 4.46. The number of aliphatic hydroxyl groups excluding tert-OH is 1. The number of ether oxygens (including phenoxy) is 1. The molecule has 2 aromatic rings. The first-order valence-corrected chi connectivity index (χ1v) is 8.46. The standard InChI is InChI=1S/C19H27N3O3/c1-5-20-19(21-12-16(23)18-7-6-10-25-18)22-14(3)15-11-13(2)8-9-17(15)24-4/h6-11,14,16,23H,5,12H2,1-4H3,(H2,20,21,22). The van der Waals surface area contributed by atoms with Crippen molar-refractivity contribution >= 4 is 5.96 Å². The third-order valence-corrected chi connectivity index (χ3v) is 3.84. The Morgan fingerprint density at radius 3 is 2.80 bits per heavy atom. The zero-order valence-electron chi connectivity index (χ0n) is 15.2. The molecule has 136 valence electrons. The van der Waals surface area contributed by atoms with Gasteiger partial charge in [0.25, 0.3) is 0 Å². The first kappa shape index (κ1) is 18.9. The fraction of sp³-hybridized carbons (Fsp3) is 0.421. The van der Waals surface area contributed by atoms with Gasteiger partial charge < -0.3 is 24.9 Å². The van der Waals surface area contributed by atoms with Crippen LogP contribution >= 0.6 is 0 Å². The molecular formula is C19H27N3O3. The first-order valence-electron chi connectivity index (χ1n) is 8.46. The van der Waals surface area contributed by atoms with Crippen LogP contribution in [0, 0.1) is 6.92 Å². The zero-order chi connectivity index (χ0) is 18.2. The van der Waals surface area contributed by atoms with Gasteiger partial charge in [-0.05, 0) is 39.0 Å². The van der Waals surface area contributed by atoms with Crippen molar-refractivity contribution in [3.63, 3.8) is 0 Å². The summed E-state index contributed by atoms with van der Waals surface area (Å²) in [5.74, 6) is 1.97. The van der Waals surface area contributed by atoms with E-state index in [9.17, 15) is 5.11 Å². The molecule has 6 heteroatoms. The Hall–Kier alpha value is -2.47. The molecule has 0 amide bonds. The van der Waals surface area contributed by atoms with Gasteiger partial charge >= 0.3 is 0 Å². The Labute approximate surface area is 148 Å². The number of aryl methyl sites for hydroxylation is 1. The van der Waals surface area contributed by atoms with E-state index in [1.54, 1.807) is 19.2 Å². The molecule has 0 aliphatic rings. The van der Waals surface area contributed by atoms with Crippen LogP contribution in [-0.2, 0) is 0 Å². The van der Waals surface area contributed by atoms with Crippen LogP contribution in [0.5, 0.6) is 5.75 Å². The number of aliphatic hydroxyl groups is 1. The van der Waals surface area contributed by atoms with Crippen LogP contribution in [0.2, 0.25) is 0 Å². The summed E-state index contributed by atoms with van der Waals surface area (Å²) in [5, 5.41) is 16.7. The molecule has 25 heavy (non-hydrogen) atoms.